The minimum atomic E-state index is -4.44. The van der Waals surface area contributed by atoms with Crippen molar-refractivity contribution in [2.75, 3.05) is 0 Å². The third kappa shape index (κ3) is 4.08. The van der Waals surface area contributed by atoms with Gasteiger partial charge in [-0.2, -0.15) is 8.42 Å². The maximum atomic E-state index is 10.6. The minimum Gasteiger partial charge on any atom is -1.00 e. The molecule has 15 heavy (non-hydrogen) atoms. The van der Waals surface area contributed by atoms with Crippen LogP contribution in [0.15, 0.2) is 23.1 Å². The van der Waals surface area contributed by atoms with E-state index in [0.717, 1.165) is 12.1 Å². The van der Waals surface area contributed by atoms with Crippen molar-refractivity contribution >= 4 is 27.4 Å². The normalized spacial score (nSPS) is 10.5. The van der Waals surface area contributed by atoms with Crippen molar-refractivity contribution in [1.29, 1.82) is 0 Å². The molecule has 0 aliphatic heterocycles. The largest absolute Gasteiger partial charge is 1.00 e. The van der Waals surface area contributed by atoms with Gasteiger partial charge in [-0.25, -0.2) is 0 Å². The molecule has 0 aliphatic carbocycles. The van der Waals surface area contributed by atoms with Crippen LogP contribution in [0, 0.1) is 10.1 Å². The second-order valence-corrected chi connectivity index (χ2v) is 4.17. The van der Waals surface area contributed by atoms with E-state index in [1.54, 1.807) is 0 Å². The summed E-state index contributed by atoms with van der Waals surface area (Å²) < 4.78 is 29.8. The van der Waals surface area contributed by atoms with E-state index in [2.05, 4.69) is 0 Å². The molecule has 0 saturated heterocycles. The molecule has 9 heteroatoms. The van der Waals surface area contributed by atoms with Crippen molar-refractivity contribution in [2.24, 2.45) is 0 Å². The number of nitro benzene ring substituents is 1. The van der Waals surface area contributed by atoms with Crippen LogP contribution in [0.2, 0.25) is 5.02 Å². The van der Waals surface area contributed by atoms with Gasteiger partial charge in [-0.1, -0.05) is 11.6 Å². The molecule has 0 aromatic heterocycles. The van der Waals surface area contributed by atoms with Gasteiger partial charge in [-0.15, -0.1) is 0 Å². The molecule has 0 heterocycles. The summed E-state index contributed by atoms with van der Waals surface area (Å²) in [5, 5.41) is 10.2. The van der Waals surface area contributed by atoms with Gasteiger partial charge in [0.05, 0.1) is 4.92 Å². The Labute approximate surface area is 134 Å². The Bertz CT molecular complexity index is 494. The molecule has 0 amide bonds. The van der Waals surface area contributed by atoms with Crippen molar-refractivity contribution in [1.82, 2.24) is 0 Å². The summed E-state index contributed by atoms with van der Waals surface area (Å²) >= 11 is 5.42. The molecule has 0 bridgehead atoms. The van der Waals surface area contributed by atoms with Gasteiger partial charge >= 0.3 is 51.4 Å². The monoisotopic (exact) mass is 277 g/mol. The summed E-state index contributed by atoms with van der Waals surface area (Å²) in [7, 11) is -4.44. The number of rotatable bonds is 2. The number of halogens is 1. The second-order valence-electron chi connectivity index (χ2n) is 2.35. The molecule has 0 fully saturated rings. The van der Waals surface area contributed by atoms with E-state index in [4.69, 9.17) is 16.2 Å². The third-order valence-corrected chi connectivity index (χ3v) is 2.58. The Balaban J connectivity index is 0. The summed E-state index contributed by atoms with van der Waals surface area (Å²) in [4.78, 5) is 8.95. The zero-order valence-electron chi connectivity index (χ0n) is 8.55. The molecule has 0 unspecified atom stereocenters. The van der Waals surface area contributed by atoms with Crippen LogP contribution in [0.1, 0.15) is 1.43 Å². The fraction of sp³-hybridized carbons (Fsp3) is 0. The zero-order chi connectivity index (χ0) is 10.9. The van der Waals surface area contributed by atoms with Crippen LogP contribution in [-0.4, -0.2) is 17.9 Å². The maximum absolute atomic E-state index is 10.6. The molecule has 0 saturated carbocycles. The van der Waals surface area contributed by atoms with Crippen LogP contribution in [0.3, 0.4) is 0 Å². The predicted octanol–water partition coefficient (Wildman–Crippen LogP) is -1.39. The van der Waals surface area contributed by atoms with Crippen LogP contribution in [0.5, 0.6) is 0 Å². The molecule has 6 nitrogen and oxygen atoms in total. The summed E-state index contributed by atoms with van der Waals surface area (Å²) in [5.41, 5.74) is -0.568. The van der Waals surface area contributed by atoms with Crippen molar-refractivity contribution < 1.29 is 70.7 Å². The molecule has 0 spiro atoms. The Morgan fingerprint density at radius 1 is 1.47 bits per heavy atom. The number of benzene rings is 1. The second kappa shape index (κ2) is 5.69. The molecular weight excluding hydrogens is 273 g/mol. The molecule has 1 rings (SSSR count). The number of hydrogen-bond donors (Lipinski definition) is 1. The van der Waals surface area contributed by atoms with E-state index >= 15 is 0 Å². The molecule has 78 valence electrons. The van der Waals surface area contributed by atoms with Gasteiger partial charge in [0.25, 0.3) is 15.8 Å². The summed E-state index contributed by atoms with van der Waals surface area (Å²) in [6, 6.07) is 2.70. The van der Waals surface area contributed by atoms with Gasteiger partial charge in [0.2, 0.25) is 0 Å². The van der Waals surface area contributed by atoms with Crippen LogP contribution >= 0.6 is 11.6 Å². The number of hydrogen-bond acceptors (Lipinski definition) is 4. The van der Waals surface area contributed by atoms with Crippen molar-refractivity contribution in [3.8, 4) is 0 Å². The average molecular weight is 278 g/mol. The van der Waals surface area contributed by atoms with Gasteiger partial charge in [0, 0.05) is 6.07 Å². The Morgan fingerprint density at radius 2 is 2.00 bits per heavy atom. The van der Waals surface area contributed by atoms with E-state index in [-0.39, 0.29) is 57.8 Å². The average Bonchev–Trinajstić information content (AvgIpc) is 2.02. The van der Waals surface area contributed by atoms with Gasteiger partial charge in [0.1, 0.15) is 9.92 Å². The standard InChI is InChI=1S/C6H4ClNO5S.K.H/c7-5-2-1-4(14(11,12)13)3-6(5)8(9)10;;/h1-3H,(H,11,12,13);;/q;+1;-1. The Hall–Kier alpha value is 0.456. The fourth-order valence-electron chi connectivity index (χ4n) is 0.793. The van der Waals surface area contributed by atoms with Crippen LogP contribution in [0.4, 0.5) is 5.69 Å². The first kappa shape index (κ1) is 15.5. The zero-order valence-corrected chi connectivity index (χ0v) is 12.2. The van der Waals surface area contributed by atoms with Gasteiger partial charge in [0.15, 0.2) is 0 Å². The molecule has 1 N–H and O–H groups in total. The van der Waals surface area contributed by atoms with Crippen molar-refractivity contribution in [3.63, 3.8) is 0 Å². The molecule has 1 aromatic carbocycles. The first-order chi connectivity index (χ1) is 6.32. The maximum Gasteiger partial charge on any atom is 1.00 e. The van der Waals surface area contributed by atoms with Crippen molar-refractivity contribution in [2.45, 2.75) is 4.90 Å². The number of nitrogens with zero attached hydrogens (tertiary/aromatic N) is 1. The van der Waals surface area contributed by atoms with E-state index in [1.165, 1.54) is 0 Å². The first-order valence-corrected chi connectivity index (χ1v) is 5.05. The Kier molecular flexibility index (Phi) is 5.86. The van der Waals surface area contributed by atoms with Gasteiger partial charge in [-0.05, 0) is 12.1 Å². The molecule has 0 radical (unpaired) electrons. The third-order valence-electron chi connectivity index (χ3n) is 1.41. The summed E-state index contributed by atoms with van der Waals surface area (Å²) in [6.07, 6.45) is 0. The molecule has 1 aromatic rings. The first-order valence-electron chi connectivity index (χ1n) is 3.24. The fourth-order valence-corrected chi connectivity index (χ4v) is 1.48. The molecule has 0 atom stereocenters. The summed E-state index contributed by atoms with van der Waals surface area (Å²) in [6.45, 7) is 0. The van der Waals surface area contributed by atoms with Crippen LogP contribution in [-0.2, 0) is 10.1 Å². The summed E-state index contributed by atoms with van der Waals surface area (Å²) in [5.74, 6) is 0. The van der Waals surface area contributed by atoms with Gasteiger partial charge in [-0.3, -0.25) is 14.7 Å². The van der Waals surface area contributed by atoms with E-state index in [1.807, 2.05) is 0 Å². The predicted molar refractivity (Wildman–Crippen MR) is 49.0 cm³/mol. The smallest absolute Gasteiger partial charge is 1.00 e. The Morgan fingerprint density at radius 3 is 2.40 bits per heavy atom. The minimum absolute atomic E-state index is 0. The quantitative estimate of drug-likeness (QED) is 0.311. The SMILES string of the molecule is O=[N+]([O-])c1cc(S(=O)(=O)O)ccc1Cl.[H-].[K+]. The van der Waals surface area contributed by atoms with E-state index in [0.29, 0.717) is 6.07 Å². The van der Waals surface area contributed by atoms with Crippen LogP contribution in [0.25, 0.3) is 0 Å². The number of nitro groups is 1. The van der Waals surface area contributed by atoms with Crippen LogP contribution < -0.4 is 51.4 Å². The topological polar surface area (TPSA) is 97.5 Å². The molecular formula is C6H5ClKNO5S. The van der Waals surface area contributed by atoms with E-state index in [9.17, 15) is 18.5 Å². The van der Waals surface area contributed by atoms with E-state index < -0.39 is 25.6 Å². The van der Waals surface area contributed by atoms with Crippen molar-refractivity contribution in [3.05, 3.63) is 33.3 Å². The van der Waals surface area contributed by atoms with Gasteiger partial charge < -0.3 is 1.43 Å². The molecule has 0 aliphatic rings.